The summed E-state index contributed by atoms with van der Waals surface area (Å²) in [6.07, 6.45) is -4.65. The van der Waals surface area contributed by atoms with Crippen molar-refractivity contribution in [2.45, 2.75) is 45.4 Å². The monoisotopic (exact) mass is 299 g/mol. The maximum atomic E-state index is 11.8. The third kappa shape index (κ3) is 10.4. The molecule has 0 aromatic heterocycles. The smallest absolute Gasteiger partial charge is 0.443 e. The molecule has 0 saturated carbocycles. The SMILES string of the molecule is CC(C)(C)OC(=O)NNCCCCNC(=O)C(F)(F)F. The first-order chi connectivity index (χ1) is 9.02. The van der Waals surface area contributed by atoms with E-state index in [2.05, 4.69) is 10.9 Å². The van der Waals surface area contributed by atoms with E-state index in [4.69, 9.17) is 4.74 Å². The maximum Gasteiger partial charge on any atom is 0.471 e. The summed E-state index contributed by atoms with van der Waals surface area (Å²) in [7, 11) is 0. The fraction of sp³-hybridized carbons (Fsp3) is 0.818. The molecule has 2 amide bonds. The Bertz CT molecular complexity index is 327. The van der Waals surface area contributed by atoms with Gasteiger partial charge in [0.2, 0.25) is 0 Å². The molecule has 0 atom stereocenters. The predicted octanol–water partition coefficient (Wildman–Crippen LogP) is 1.47. The van der Waals surface area contributed by atoms with Crippen LogP contribution in [-0.4, -0.2) is 36.9 Å². The third-order valence-corrected chi connectivity index (χ3v) is 1.86. The first-order valence-electron chi connectivity index (χ1n) is 6.09. The number of alkyl halides is 3. The van der Waals surface area contributed by atoms with Crippen LogP contribution in [0.1, 0.15) is 33.6 Å². The third-order valence-electron chi connectivity index (χ3n) is 1.86. The minimum absolute atomic E-state index is 0.0769. The summed E-state index contributed by atoms with van der Waals surface area (Å²) >= 11 is 0. The van der Waals surface area contributed by atoms with Crippen LogP contribution in [0.3, 0.4) is 0 Å². The summed E-state index contributed by atoms with van der Waals surface area (Å²) in [4.78, 5) is 21.6. The molecule has 20 heavy (non-hydrogen) atoms. The number of unbranched alkanes of at least 4 members (excludes halogenated alkanes) is 1. The molecule has 0 aromatic rings. The largest absolute Gasteiger partial charge is 0.471 e. The van der Waals surface area contributed by atoms with Gasteiger partial charge in [0, 0.05) is 13.1 Å². The number of hydrazine groups is 1. The molecule has 0 aromatic carbocycles. The van der Waals surface area contributed by atoms with Gasteiger partial charge in [-0.05, 0) is 33.6 Å². The number of carbonyl (C=O) groups is 2. The van der Waals surface area contributed by atoms with Crippen LogP contribution in [0.2, 0.25) is 0 Å². The van der Waals surface area contributed by atoms with Gasteiger partial charge in [0.1, 0.15) is 5.60 Å². The van der Waals surface area contributed by atoms with Crippen LogP contribution in [-0.2, 0) is 9.53 Å². The zero-order valence-corrected chi connectivity index (χ0v) is 11.7. The summed E-state index contributed by atoms with van der Waals surface area (Å²) in [5, 5.41) is 1.75. The molecule has 0 spiro atoms. The Morgan fingerprint density at radius 1 is 1.05 bits per heavy atom. The van der Waals surface area contributed by atoms with E-state index >= 15 is 0 Å². The second-order valence-electron chi connectivity index (χ2n) is 5.01. The van der Waals surface area contributed by atoms with Gasteiger partial charge in [-0.3, -0.25) is 10.2 Å². The van der Waals surface area contributed by atoms with E-state index in [1.165, 1.54) is 0 Å². The topological polar surface area (TPSA) is 79.5 Å². The molecular formula is C11H20F3N3O3. The van der Waals surface area contributed by atoms with Crippen LogP contribution >= 0.6 is 0 Å². The fourth-order valence-corrected chi connectivity index (χ4v) is 1.08. The molecular weight excluding hydrogens is 279 g/mol. The zero-order chi connectivity index (χ0) is 15.8. The standard InChI is InChI=1S/C11H20F3N3O3/c1-10(2,3)20-9(19)17-16-7-5-4-6-15-8(18)11(12,13)14/h16H,4-7H2,1-3H3,(H,15,18)(H,17,19). The van der Waals surface area contributed by atoms with Crippen molar-refractivity contribution >= 4 is 12.0 Å². The summed E-state index contributed by atoms with van der Waals surface area (Å²) in [5.41, 5.74) is 4.25. The molecule has 0 fully saturated rings. The maximum absolute atomic E-state index is 11.8. The molecule has 6 nitrogen and oxygen atoms in total. The van der Waals surface area contributed by atoms with Crippen molar-refractivity contribution in [2.24, 2.45) is 0 Å². The van der Waals surface area contributed by atoms with Gasteiger partial charge < -0.3 is 10.1 Å². The summed E-state index contributed by atoms with van der Waals surface area (Å²) < 4.78 is 40.4. The van der Waals surface area contributed by atoms with Crippen molar-refractivity contribution in [1.82, 2.24) is 16.2 Å². The lowest BCUT2D eigenvalue weighted by atomic mass is 10.2. The fourth-order valence-electron chi connectivity index (χ4n) is 1.08. The van der Waals surface area contributed by atoms with Gasteiger partial charge in [0.15, 0.2) is 0 Å². The van der Waals surface area contributed by atoms with Crippen LogP contribution in [0.4, 0.5) is 18.0 Å². The molecule has 0 rings (SSSR count). The Morgan fingerprint density at radius 2 is 1.60 bits per heavy atom. The molecule has 0 aliphatic carbocycles. The van der Waals surface area contributed by atoms with Crippen molar-refractivity contribution in [3.63, 3.8) is 0 Å². The van der Waals surface area contributed by atoms with Gasteiger partial charge in [-0.1, -0.05) is 0 Å². The zero-order valence-electron chi connectivity index (χ0n) is 11.7. The van der Waals surface area contributed by atoms with Gasteiger partial charge in [-0.2, -0.15) is 13.2 Å². The van der Waals surface area contributed by atoms with Gasteiger partial charge in [0.25, 0.3) is 0 Å². The minimum atomic E-state index is -4.85. The van der Waals surface area contributed by atoms with Crippen LogP contribution < -0.4 is 16.2 Å². The van der Waals surface area contributed by atoms with Gasteiger partial charge in [0.05, 0.1) is 0 Å². The van der Waals surface area contributed by atoms with Crippen molar-refractivity contribution in [3.05, 3.63) is 0 Å². The summed E-state index contributed by atoms with van der Waals surface area (Å²) in [6.45, 7) is 5.43. The first kappa shape index (κ1) is 18.5. The van der Waals surface area contributed by atoms with E-state index in [0.717, 1.165) is 0 Å². The molecule has 0 saturated heterocycles. The lowest BCUT2D eigenvalue weighted by molar-refractivity contribution is -0.173. The molecule has 0 unspecified atom stereocenters. The van der Waals surface area contributed by atoms with Crippen LogP contribution in [0.25, 0.3) is 0 Å². The number of carbonyl (C=O) groups excluding carboxylic acids is 2. The van der Waals surface area contributed by atoms with Crippen LogP contribution in [0, 0.1) is 0 Å². The van der Waals surface area contributed by atoms with Gasteiger partial charge in [-0.25, -0.2) is 10.2 Å². The lowest BCUT2D eigenvalue weighted by Gasteiger charge is -2.19. The Morgan fingerprint density at radius 3 is 2.10 bits per heavy atom. The molecule has 0 radical (unpaired) electrons. The highest BCUT2D eigenvalue weighted by Crippen LogP contribution is 2.13. The average Bonchev–Trinajstić information content (AvgIpc) is 2.23. The van der Waals surface area contributed by atoms with E-state index in [1.54, 1.807) is 26.1 Å². The number of hydrogen-bond acceptors (Lipinski definition) is 4. The van der Waals surface area contributed by atoms with E-state index in [-0.39, 0.29) is 6.54 Å². The second-order valence-corrected chi connectivity index (χ2v) is 5.01. The Kier molecular flexibility index (Phi) is 7.33. The molecule has 0 aliphatic rings. The average molecular weight is 299 g/mol. The number of rotatable bonds is 6. The number of ether oxygens (including phenoxy) is 1. The summed E-state index contributed by atoms with van der Waals surface area (Å²) in [5.74, 6) is -1.95. The highest BCUT2D eigenvalue weighted by atomic mass is 19.4. The molecule has 9 heteroatoms. The quantitative estimate of drug-likeness (QED) is 0.512. The number of hydrogen-bond donors (Lipinski definition) is 3. The van der Waals surface area contributed by atoms with E-state index < -0.39 is 23.8 Å². The van der Waals surface area contributed by atoms with E-state index in [0.29, 0.717) is 19.4 Å². The molecule has 0 aliphatic heterocycles. The van der Waals surface area contributed by atoms with Crippen molar-refractivity contribution < 1.29 is 27.5 Å². The number of halogens is 3. The highest BCUT2D eigenvalue weighted by Gasteiger charge is 2.38. The molecule has 118 valence electrons. The van der Waals surface area contributed by atoms with Crippen LogP contribution in [0.5, 0.6) is 0 Å². The number of amides is 2. The predicted molar refractivity (Wildman–Crippen MR) is 65.7 cm³/mol. The van der Waals surface area contributed by atoms with Crippen molar-refractivity contribution in [1.29, 1.82) is 0 Å². The van der Waals surface area contributed by atoms with E-state index in [9.17, 15) is 22.8 Å². The number of nitrogens with one attached hydrogen (secondary N) is 3. The van der Waals surface area contributed by atoms with E-state index in [1.807, 2.05) is 0 Å². The second kappa shape index (κ2) is 7.93. The normalized spacial score (nSPS) is 11.9. The Hall–Kier alpha value is -1.51. The van der Waals surface area contributed by atoms with Gasteiger partial charge >= 0.3 is 18.2 Å². The lowest BCUT2D eigenvalue weighted by Crippen LogP contribution is -2.41. The van der Waals surface area contributed by atoms with Crippen molar-refractivity contribution in [2.75, 3.05) is 13.1 Å². The highest BCUT2D eigenvalue weighted by molar-refractivity contribution is 5.81. The molecule has 0 bridgehead atoms. The molecule has 3 N–H and O–H groups in total. The Labute approximate surface area is 115 Å². The summed E-state index contributed by atoms with van der Waals surface area (Å²) in [6, 6.07) is 0. The first-order valence-corrected chi connectivity index (χ1v) is 6.09. The minimum Gasteiger partial charge on any atom is -0.443 e. The van der Waals surface area contributed by atoms with Crippen LogP contribution in [0.15, 0.2) is 0 Å². The molecule has 0 heterocycles. The van der Waals surface area contributed by atoms with Gasteiger partial charge in [-0.15, -0.1) is 0 Å². The van der Waals surface area contributed by atoms with Crippen molar-refractivity contribution in [3.8, 4) is 0 Å². The Balaban J connectivity index is 3.51.